The number of nitrogens with one attached hydrogen (secondary N) is 1. The van der Waals surface area contributed by atoms with Gasteiger partial charge < -0.3 is 10.4 Å². The first-order chi connectivity index (χ1) is 12.5. The summed E-state index contributed by atoms with van der Waals surface area (Å²) in [5.41, 5.74) is 2.37. The van der Waals surface area contributed by atoms with Gasteiger partial charge in [-0.25, -0.2) is 0 Å². The Morgan fingerprint density at radius 1 is 1.38 bits per heavy atom. The predicted molar refractivity (Wildman–Crippen MR) is 99.6 cm³/mol. The monoisotopic (exact) mass is 356 g/mol. The smallest absolute Gasteiger partial charge is 0.270 e. The van der Waals surface area contributed by atoms with Crippen molar-refractivity contribution in [1.82, 2.24) is 20.1 Å². The van der Waals surface area contributed by atoms with Crippen molar-refractivity contribution in [2.45, 2.75) is 58.7 Å². The summed E-state index contributed by atoms with van der Waals surface area (Å²) < 4.78 is 1.76. The molecule has 1 saturated carbocycles. The van der Waals surface area contributed by atoms with Gasteiger partial charge in [-0.2, -0.15) is 5.10 Å². The highest BCUT2D eigenvalue weighted by atomic mass is 16.3. The zero-order chi connectivity index (χ0) is 18.7. The van der Waals surface area contributed by atoms with Gasteiger partial charge >= 0.3 is 0 Å². The maximum Gasteiger partial charge on any atom is 0.270 e. The zero-order valence-electron chi connectivity index (χ0n) is 15.7. The molecule has 0 unspecified atom stereocenters. The highest BCUT2D eigenvalue weighted by Gasteiger charge is 2.36. The van der Waals surface area contributed by atoms with Gasteiger partial charge in [0.25, 0.3) is 5.91 Å². The Bertz CT molecular complexity index is 736. The van der Waals surface area contributed by atoms with Gasteiger partial charge in [-0.1, -0.05) is 19.9 Å². The van der Waals surface area contributed by atoms with Gasteiger partial charge in [-0.05, 0) is 56.2 Å². The van der Waals surface area contributed by atoms with Crippen LogP contribution in [0.25, 0.3) is 0 Å². The number of rotatable bonds is 7. The Hall–Kier alpha value is -2.21. The lowest BCUT2D eigenvalue weighted by Crippen LogP contribution is -2.42. The van der Waals surface area contributed by atoms with Crippen LogP contribution in [-0.2, 0) is 13.0 Å². The third kappa shape index (κ3) is 4.12. The average Bonchev–Trinajstić information content (AvgIpc) is 3.00. The fourth-order valence-corrected chi connectivity index (χ4v) is 3.52. The van der Waals surface area contributed by atoms with Crippen LogP contribution < -0.4 is 5.32 Å². The molecule has 3 rings (SSSR count). The van der Waals surface area contributed by atoms with Crippen molar-refractivity contribution in [1.29, 1.82) is 0 Å². The largest absolute Gasteiger partial charge is 0.393 e. The van der Waals surface area contributed by atoms with Gasteiger partial charge in [0.2, 0.25) is 0 Å². The van der Waals surface area contributed by atoms with Crippen molar-refractivity contribution < 1.29 is 9.90 Å². The molecule has 2 heterocycles. The molecular weight excluding hydrogens is 328 g/mol. The van der Waals surface area contributed by atoms with E-state index in [1.807, 2.05) is 31.2 Å². The van der Waals surface area contributed by atoms with Crippen molar-refractivity contribution in [2.75, 3.05) is 0 Å². The summed E-state index contributed by atoms with van der Waals surface area (Å²) >= 11 is 0. The van der Waals surface area contributed by atoms with Gasteiger partial charge in [0.1, 0.15) is 5.69 Å². The van der Waals surface area contributed by atoms with E-state index in [0.717, 1.165) is 17.8 Å². The summed E-state index contributed by atoms with van der Waals surface area (Å²) in [5.74, 6) is 0.562. The Kier molecular flexibility index (Phi) is 5.71. The number of carbonyl (C=O) groups is 1. The minimum Gasteiger partial charge on any atom is -0.393 e. The number of aryl methyl sites for hydroxylation is 1. The van der Waals surface area contributed by atoms with E-state index in [2.05, 4.69) is 29.2 Å². The molecule has 0 aliphatic heterocycles. The van der Waals surface area contributed by atoms with E-state index in [0.29, 0.717) is 31.0 Å². The lowest BCUT2D eigenvalue weighted by molar-refractivity contribution is 0.0227. The van der Waals surface area contributed by atoms with Crippen LogP contribution >= 0.6 is 0 Å². The first-order valence-electron chi connectivity index (χ1n) is 9.44. The van der Waals surface area contributed by atoms with Crippen LogP contribution in [0.3, 0.4) is 0 Å². The quantitative estimate of drug-likeness (QED) is 0.799. The maximum absolute atomic E-state index is 13.0. The number of pyridine rings is 1. The lowest BCUT2D eigenvalue weighted by atomic mass is 9.76. The fraction of sp³-hybridized carbons (Fsp3) is 0.550. The summed E-state index contributed by atoms with van der Waals surface area (Å²) in [6, 6.07) is 7.41. The van der Waals surface area contributed by atoms with E-state index in [9.17, 15) is 9.90 Å². The third-order valence-electron chi connectivity index (χ3n) is 4.89. The Balaban J connectivity index is 1.80. The lowest BCUT2D eigenvalue weighted by Gasteiger charge is -2.37. The van der Waals surface area contributed by atoms with E-state index < -0.39 is 0 Å². The second kappa shape index (κ2) is 7.99. The van der Waals surface area contributed by atoms with Crippen LogP contribution in [-0.4, -0.2) is 31.9 Å². The summed E-state index contributed by atoms with van der Waals surface area (Å²) in [7, 11) is 0. The van der Waals surface area contributed by atoms with Crippen LogP contribution in [0.4, 0.5) is 0 Å². The third-order valence-corrected chi connectivity index (χ3v) is 4.89. The molecule has 6 heteroatoms. The van der Waals surface area contributed by atoms with Crippen LogP contribution in [0.15, 0.2) is 30.5 Å². The molecule has 140 valence electrons. The molecule has 1 aliphatic carbocycles. The van der Waals surface area contributed by atoms with Gasteiger partial charge in [-0.15, -0.1) is 0 Å². The normalized spacial score (nSPS) is 20.7. The Morgan fingerprint density at radius 2 is 2.15 bits per heavy atom. The zero-order valence-corrected chi connectivity index (χ0v) is 15.7. The van der Waals surface area contributed by atoms with Gasteiger partial charge in [-0.3, -0.25) is 14.5 Å². The molecule has 1 atom stereocenters. The minimum absolute atomic E-state index is 0.133. The average molecular weight is 356 g/mol. The standard InChI is InChI=1S/C20H28N4O2/c1-4-24-18(12-15(23-24)9-13(2)3)20(26)22-19(14-10-16(25)11-14)17-7-5-6-8-21-17/h5-8,12-14,16,19,25H,4,9-11H2,1-3H3,(H,22,26)/t14?,16?,19-/m1/s1. The van der Waals surface area contributed by atoms with E-state index in [4.69, 9.17) is 0 Å². The highest BCUT2D eigenvalue weighted by molar-refractivity contribution is 5.93. The first-order valence-corrected chi connectivity index (χ1v) is 9.44. The molecule has 1 aliphatic rings. The van der Waals surface area contributed by atoms with Crippen molar-refractivity contribution >= 4 is 5.91 Å². The van der Waals surface area contributed by atoms with Gasteiger partial charge in [0.15, 0.2) is 0 Å². The number of aliphatic hydroxyl groups is 1. The van der Waals surface area contributed by atoms with Crippen LogP contribution in [0, 0.1) is 11.8 Å². The van der Waals surface area contributed by atoms with Crippen LogP contribution in [0.1, 0.15) is 61.5 Å². The van der Waals surface area contributed by atoms with Crippen molar-refractivity contribution in [3.63, 3.8) is 0 Å². The van der Waals surface area contributed by atoms with E-state index in [1.54, 1.807) is 10.9 Å². The molecule has 0 saturated heterocycles. The predicted octanol–water partition coefficient (Wildman–Crippen LogP) is 2.74. The molecule has 1 fully saturated rings. The molecule has 0 bridgehead atoms. The van der Waals surface area contributed by atoms with Gasteiger partial charge in [0, 0.05) is 12.7 Å². The topological polar surface area (TPSA) is 80.0 Å². The minimum atomic E-state index is -0.276. The summed E-state index contributed by atoms with van der Waals surface area (Å²) in [6.07, 6.45) is 3.69. The fourth-order valence-electron chi connectivity index (χ4n) is 3.52. The number of amides is 1. The molecule has 0 spiro atoms. The molecule has 2 aromatic heterocycles. The molecule has 26 heavy (non-hydrogen) atoms. The Labute approximate surface area is 154 Å². The molecule has 2 aromatic rings. The number of aliphatic hydroxyl groups excluding tert-OH is 1. The van der Waals surface area contributed by atoms with E-state index >= 15 is 0 Å². The first kappa shape index (κ1) is 18.6. The maximum atomic E-state index is 13.0. The van der Waals surface area contributed by atoms with Crippen LogP contribution in [0.5, 0.6) is 0 Å². The van der Waals surface area contributed by atoms with Crippen molar-refractivity contribution in [3.05, 3.63) is 47.5 Å². The molecule has 0 radical (unpaired) electrons. The number of nitrogens with zero attached hydrogens (tertiary/aromatic N) is 3. The van der Waals surface area contributed by atoms with Gasteiger partial charge in [0.05, 0.1) is 23.5 Å². The Morgan fingerprint density at radius 3 is 2.73 bits per heavy atom. The van der Waals surface area contributed by atoms with Crippen molar-refractivity contribution in [2.24, 2.45) is 11.8 Å². The second-order valence-corrected chi connectivity index (χ2v) is 7.53. The highest BCUT2D eigenvalue weighted by Crippen LogP contribution is 2.37. The summed E-state index contributed by atoms with van der Waals surface area (Å²) in [5, 5.41) is 17.4. The van der Waals surface area contributed by atoms with Crippen LogP contribution in [0.2, 0.25) is 0 Å². The number of carbonyl (C=O) groups excluding carboxylic acids is 1. The molecule has 2 N–H and O–H groups in total. The van der Waals surface area contributed by atoms with Crippen molar-refractivity contribution in [3.8, 4) is 0 Å². The molecule has 1 amide bonds. The molecule has 6 nitrogen and oxygen atoms in total. The number of hydrogen-bond acceptors (Lipinski definition) is 4. The van der Waals surface area contributed by atoms with E-state index in [1.165, 1.54) is 0 Å². The van der Waals surface area contributed by atoms with E-state index in [-0.39, 0.29) is 24.0 Å². The molecular formula is C20H28N4O2. The SMILES string of the molecule is CCn1nc(CC(C)C)cc1C(=O)N[C@@H](c1ccccn1)C1CC(O)C1. The number of aromatic nitrogens is 3. The number of hydrogen-bond donors (Lipinski definition) is 2. The summed E-state index contributed by atoms with van der Waals surface area (Å²) in [6.45, 7) is 6.92. The summed E-state index contributed by atoms with van der Waals surface area (Å²) in [4.78, 5) is 17.4. The second-order valence-electron chi connectivity index (χ2n) is 7.53. The molecule has 0 aromatic carbocycles.